The minimum atomic E-state index is 0.184. The molecule has 0 amide bonds. The number of hydrogen-bond donors (Lipinski definition) is 0. The maximum atomic E-state index is 6.15. The highest BCUT2D eigenvalue weighted by Crippen LogP contribution is 2.41. The standard InChI is InChI=1S/C12H10BrClS2/c1-15-10-5-3-2-4-8(10)11(13)12-9(14)6-7-16-12/h2-7,11H,1H3. The Balaban J connectivity index is 2.41. The Morgan fingerprint density at radius 3 is 2.69 bits per heavy atom. The van der Waals surface area contributed by atoms with Crippen molar-refractivity contribution in [2.45, 2.75) is 9.72 Å². The average molecular weight is 334 g/mol. The van der Waals surface area contributed by atoms with Crippen LogP contribution in [0.2, 0.25) is 5.02 Å². The second kappa shape index (κ2) is 5.58. The molecule has 0 aliphatic carbocycles. The Labute approximate surface area is 117 Å². The van der Waals surface area contributed by atoms with E-state index in [1.807, 2.05) is 11.4 Å². The second-order valence-corrected chi connectivity index (χ2v) is 6.36. The number of halogens is 2. The van der Waals surface area contributed by atoms with E-state index in [0.29, 0.717) is 0 Å². The lowest BCUT2D eigenvalue weighted by Crippen LogP contribution is -1.92. The lowest BCUT2D eigenvalue weighted by Gasteiger charge is -2.12. The van der Waals surface area contributed by atoms with Crippen LogP contribution in [0.4, 0.5) is 0 Å². The molecule has 0 saturated carbocycles. The Bertz CT molecular complexity index is 481. The molecule has 0 radical (unpaired) electrons. The molecule has 16 heavy (non-hydrogen) atoms. The van der Waals surface area contributed by atoms with Crippen LogP contribution in [-0.2, 0) is 0 Å². The summed E-state index contributed by atoms with van der Waals surface area (Å²) in [6.45, 7) is 0. The highest BCUT2D eigenvalue weighted by Gasteiger charge is 2.17. The van der Waals surface area contributed by atoms with E-state index in [-0.39, 0.29) is 4.83 Å². The topological polar surface area (TPSA) is 0 Å². The number of thiophene rings is 1. The van der Waals surface area contributed by atoms with E-state index in [0.717, 1.165) is 5.02 Å². The first kappa shape index (κ1) is 12.5. The van der Waals surface area contributed by atoms with Gasteiger partial charge in [0.2, 0.25) is 0 Å². The van der Waals surface area contributed by atoms with Gasteiger partial charge in [-0.05, 0) is 29.3 Å². The van der Waals surface area contributed by atoms with Gasteiger partial charge in [-0.2, -0.15) is 0 Å². The number of hydrogen-bond acceptors (Lipinski definition) is 2. The Kier molecular flexibility index (Phi) is 4.36. The molecule has 2 rings (SSSR count). The molecule has 0 nitrogen and oxygen atoms in total. The highest BCUT2D eigenvalue weighted by atomic mass is 79.9. The lowest BCUT2D eigenvalue weighted by molar-refractivity contribution is 1.15. The zero-order chi connectivity index (χ0) is 11.5. The smallest absolute Gasteiger partial charge is 0.0763 e. The summed E-state index contributed by atoms with van der Waals surface area (Å²) in [6, 6.07) is 10.3. The summed E-state index contributed by atoms with van der Waals surface area (Å²) in [5, 5.41) is 2.86. The summed E-state index contributed by atoms with van der Waals surface area (Å²) in [7, 11) is 0. The van der Waals surface area contributed by atoms with Crippen LogP contribution in [0, 0.1) is 0 Å². The van der Waals surface area contributed by atoms with Gasteiger partial charge in [-0.3, -0.25) is 0 Å². The van der Waals surface area contributed by atoms with Crippen molar-refractivity contribution in [2.75, 3.05) is 6.26 Å². The van der Waals surface area contributed by atoms with Crippen LogP contribution in [-0.4, -0.2) is 6.26 Å². The van der Waals surface area contributed by atoms with Crippen molar-refractivity contribution < 1.29 is 0 Å². The fourth-order valence-electron chi connectivity index (χ4n) is 1.50. The number of alkyl halides is 1. The van der Waals surface area contributed by atoms with Crippen LogP contribution in [0.1, 0.15) is 15.3 Å². The molecule has 0 bridgehead atoms. The normalized spacial score (nSPS) is 12.7. The zero-order valence-corrected chi connectivity index (χ0v) is 12.6. The summed E-state index contributed by atoms with van der Waals surface area (Å²) in [6.07, 6.45) is 2.09. The van der Waals surface area contributed by atoms with Crippen LogP contribution < -0.4 is 0 Å². The molecule has 0 N–H and O–H groups in total. The van der Waals surface area contributed by atoms with Crippen LogP contribution in [0.3, 0.4) is 0 Å². The summed E-state index contributed by atoms with van der Waals surface area (Å²) >= 11 is 13.3. The Hall–Kier alpha value is 0.0400. The fourth-order valence-corrected chi connectivity index (χ4v) is 4.55. The van der Waals surface area contributed by atoms with Crippen LogP contribution >= 0.6 is 50.6 Å². The van der Waals surface area contributed by atoms with E-state index in [2.05, 4.69) is 46.5 Å². The molecule has 0 aliphatic heterocycles. The summed E-state index contributed by atoms with van der Waals surface area (Å²) in [4.78, 5) is 2.64. The van der Waals surface area contributed by atoms with E-state index in [4.69, 9.17) is 11.6 Å². The third kappa shape index (κ3) is 2.48. The van der Waals surface area contributed by atoms with Gasteiger partial charge in [0.25, 0.3) is 0 Å². The predicted octanol–water partition coefficient (Wildman–Crippen LogP) is 5.61. The molecule has 1 aromatic heterocycles. The van der Waals surface area contributed by atoms with Gasteiger partial charge in [-0.1, -0.05) is 45.7 Å². The first-order valence-electron chi connectivity index (χ1n) is 4.74. The minimum Gasteiger partial charge on any atom is -0.146 e. The maximum absolute atomic E-state index is 6.15. The molecule has 1 aromatic carbocycles. The largest absolute Gasteiger partial charge is 0.146 e. The number of benzene rings is 1. The van der Waals surface area contributed by atoms with Gasteiger partial charge in [0.1, 0.15) is 0 Å². The summed E-state index contributed by atoms with van der Waals surface area (Å²) in [5.41, 5.74) is 1.28. The van der Waals surface area contributed by atoms with Crippen molar-refractivity contribution in [3.8, 4) is 0 Å². The monoisotopic (exact) mass is 332 g/mol. The number of rotatable bonds is 3. The molecular weight excluding hydrogens is 324 g/mol. The second-order valence-electron chi connectivity index (χ2n) is 3.24. The summed E-state index contributed by atoms with van der Waals surface area (Å²) < 4.78 is 0. The third-order valence-electron chi connectivity index (χ3n) is 2.29. The fraction of sp³-hybridized carbons (Fsp3) is 0.167. The van der Waals surface area contributed by atoms with E-state index in [1.54, 1.807) is 23.1 Å². The van der Waals surface area contributed by atoms with E-state index < -0.39 is 0 Å². The zero-order valence-electron chi connectivity index (χ0n) is 8.61. The quantitative estimate of drug-likeness (QED) is 0.520. The van der Waals surface area contributed by atoms with Gasteiger partial charge < -0.3 is 0 Å². The van der Waals surface area contributed by atoms with Crippen molar-refractivity contribution in [2.24, 2.45) is 0 Å². The molecule has 4 heteroatoms. The Morgan fingerprint density at radius 2 is 2.06 bits per heavy atom. The lowest BCUT2D eigenvalue weighted by atomic mass is 10.1. The van der Waals surface area contributed by atoms with Crippen LogP contribution in [0.25, 0.3) is 0 Å². The minimum absolute atomic E-state index is 0.184. The van der Waals surface area contributed by atoms with E-state index in [9.17, 15) is 0 Å². The molecule has 0 fully saturated rings. The van der Waals surface area contributed by atoms with Crippen molar-refractivity contribution in [1.82, 2.24) is 0 Å². The highest BCUT2D eigenvalue weighted by molar-refractivity contribution is 9.09. The van der Waals surface area contributed by atoms with Gasteiger partial charge in [0, 0.05) is 9.77 Å². The molecule has 0 saturated heterocycles. The van der Waals surface area contributed by atoms with Gasteiger partial charge in [-0.25, -0.2) is 0 Å². The molecular formula is C12H10BrClS2. The third-order valence-corrected chi connectivity index (χ3v) is 5.78. The predicted molar refractivity (Wildman–Crippen MR) is 78.3 cm³/mol. The van der Waals surface area contributed by atoms with E-state index in [1.165, 1.54) is 15.3 Å². The first-order chi connectivity index (χ1) is 7.74. The van der Waals surface area contributed by atoms with Crippen LogP contribution in [0.5, 0.6) is 0 Å². The molecule has 1 heterocycles. The van der Waals surface area contributed by atoms with E-state index >= 15 is 0 Å². The van der Waals surface area contributed by atoms with Gasteiger partial charge in [-0.15, -0.1) is 23.1 Å². The molecule has 1 atom stereocenters. The SMILES string of the molecule is CSc1ccccc1C(Br)c1sccc1Cl. The number of thioether (sulfide) groups is 1. The van der Waals surface area contributed by atoms with Gasteiger partial charge >= 0.3 is 0 Å². The molecule has 1 unspecified atom stereocenters. The van der Waals surface area contributed by atoms with Crippen LogP contribution in [0.15, 0.2) is 40.6 Å². The molecule has 2 aromatic rings. The molecule has 84 valence electrons. The average Bonchev–Trinajstić information content (AvgIpc) is 2.74. The van der Waals surface area contributed by atoms with Crippen molar-refractivity contribution in [3.63, 3.8) is 0 Å². The Morgan fingerprint density at radius 1 is 1.31 bits per heavy atom. The van der Waals surface area contributed by atoms with Crippen molar-refractivity contribution >= 4 is 50.6 Å². The molecule has 0 aliphatic rings. The maximum Gasteiger partial charge on any atom is 0.0763 e. The van der Waals surface area contributed by atoms with Crippen molar-refractivity contribution in [3.05, 3.63) is 51.2 Å². The summed E-state index contributed by atoms with van der Waals surface area (Å²) in [5.74, 6) is 0. The van der Waals surface area contributed by atoms with Gasteiger partial charge in [0.05, 0.1) is 9.85 Å². The van der Waals surface area contributed by atoms with Crippen molar-refractivity contribution in [1.29, 1.82) is 0 Å². The van der Waals surface area contributed by atoms with Gasteiger partial charge in [0.15, 0.2) is 0 Å². The first-order valence-corrected chi connectivity index (χ1v) is 8.13. The molecule has 0 spiro atoms.